The summed E-state index contributed by atoms with van der Waals surface area (Å²) in [5.74, 6) is -0.922. The van der Waals surface area contributed by atoms with Gasteiger partial charge in [-0.25, -0.2) is 12.8 Å². The maximum atomic E-state index is 13.1. The van der Waals surface area contributed by atoms with E-state index < -0.39 is 26.8 Å². The Labute approximate surface area is 182 Å². The first-order valence-corrected chi connectivity index (χ1v) is 11.9. The summed E-state index contributed by atoms with van der Waals surface area (Å²) in [6.07, 6.45) is 0. The third-order valence-corrected chi connectivity index (χ3v) is 7.98. The van der Waals surface area contributed by atoms with Crippen LogP contribution < -0.4 is 0 Å². The molecule has 1 atom stereocenters. The highest BCUT2D eigenvalue weighted by atomic mass is 32.2. The number of carbonyl (C=O) groups is 1. The van der Waals surface area contributed by atoms with Crippen LogP contribution in [0.15, 0.2) is 71.6 Å². The van der Waals surface area contributed by atoms with Crippen molar-refractivity contribution in [3.8, 4) is 0 Å². The van der Waals surface area contributed by atoms with Crippen molar-refractivity contribution in [1.29, 1.82) is 0 Å². The lowest BCUT2D eigenvalue weighted by molar-refractivity contribution is -0.132. The van der Waals surface area contributed by atoms with Gasteiger partial charge in [-0.1, -0.05) is 42.5 Å². The fraction of sp³-hybridized carbons (Fsp3) is 0.292. The molecule has 0 bridgehead atoms. The molecule has 7 heteroatoms. The zero-order chi connectivity index (χ0) is 22.0. The normalized spacial score (nSPS) is 16.4. The van der Waals surface area contributed by atoms with Gasteiger partial charge in [0.2, 0.25) is 5.91 Å². The zero-order valence-electron chi connectivity index (χ0n) is 17.4. The molecule has 1 saturated heterocycles. The third kappa shape index (κ3) is 4.48. The van der Waals surface area contributed by atoms with Crippen molar-refractivity contribution in [2.45, 2.75) is 23.6 Å². The van der Waals surface area contributed by atoms with Gasteiger partial charge in [0.05, 0.1) is 4.90 Å². The molecule has 0 spiro atoms. The van der Waals surface area contributed by atoms with E-state index in [4.69, 9.17) is 0 Å². The number of halogens is 1. The smallest absolute Gasteiger partial charge is 0.241 e. The number of hydrogen-bond acceptors (Lipinski definition) is 4. The predicted molar refractivity (Wildman–Crippen MR) is 119 cm³/mol. The highest BCUT2D eigenvalue weighted by Crippen LogP contribution is 2.22. The average molecular weight is 441 g/mol. The van der Waals surface area contributed by atoms with Crippen molar-refractivity contribution < 1.29 is 17.6 Å². The molecule has 1 unspecified atom stereocenters. The van der Waals surface area contributed by atoms with Gasteiger partial charge >= 0.3 is 0 Å². The Morgan fingerprint density at radius 3 is 2.29 bits per heavy atom. The van der Waals surface area contributed by atoms with Gasteiger partial charge in [-0.05, 0) is 47.5 Å². The van der Waals surface area contributed by atoms with Gasteiger partial charge in [0.15, 0.2) is 9.84 Å². The van der Waals surface area contributed by atoms with E-state index in [9.17, 15) is 17.6 Å². The fourth-order valence-corrected chi connectivity index (χ4v) is 5.35. The molecule has 1 heterocycles. The first-order valence-electron chi connectivity index (χ1n) is 10.3. The number of amides is 1. The summed E-state index contributed by atoms with van der Waals surface area (Å²) in [6.45, 7) is 4.51. The van der Waals surface area contributed by atoms with Crippen molar-refractivity contribution in [2.75, 3.05) is 26.2 Å². The Hall–Kier alpha value is -2.77. The molecule has 0 aromatic heterocycles. The molecule has 1 aliphatic heterocycles. The van der Waals surface area contributed by atoms with Crippen LogP contribution in [0, 0.1) is 5.82 Å². The van der Waals surface area contributed by atoms with Crippen LogP contribution in [0.5, 0.6) is 0 Å². The second-order valence-electron chi connectivity index (χ2n) is 7.88. The maximum Gasteiger partial charge on any atom is 0.241 e. The molecule has 1 fully saturated rings. The molecule has 1 amide bonds. The number of carbonyl (C=O) groups excluding carboxylic acids is 1. The Kier molecular flexibility index (Phi) is 6.07. The number of fused-ring (bicyclic) bond motifs is 1. The SMILES string of the molecule is CC(C(=O)N1CCN(Cc2cccc3ccccc23)CC1)S(=O)(=O)c1ccc(F)cc1. The Morgan fingerprint density at radius 2 is 1.58 bits per heavy atom. The number of rotatable bonds is 5. The van der Waals surface area contributed by atoms with E-state index >= 15 is 0 Å². The quantitative estimate of drug-likeness (QED) is 0.570. The van der Waals surface area contributed by atoms with Crippen molar-refractivity contribution in [1.82, 2.24) is 9.80 Å². The van der Waals surface area contributed by atoms with Gasteiger partial charge in [-0.2, -0.15) is 0 Å². The summed E-state index contributed by atoms with van der Waals surface area (Å²) >= 11 is 0. The van der Waals surface area contributed by atoms with Gasteiger partial charge in [0.25, 0.3) is 0 Å². The Morgan fingerprint density at radius 1 is 0.935 bits per heavy atom. The fourth-order valence-electron chi connectivity index (χ4n) is 4.02. The van der Waals surface area contributed by atoms with Crippen LogP contribution in [0.3, 0.4) is 0 Å². The van der Waals surface area contributed by atoms with Gasteiger partial charge in [-0.3, -0.25) is 9.69 Å². The van der Waals surface area contributed by atoms with Gasteiger partial charge < -0.3 is 4.90 Å². The van der Waals surface area contributed by atoms with Crippen LogP contribution in [0.1, 0.15) is 12.5 Å². The minimum atomic E-state index is -3.86. The number of benzene rings is 3. The van der Waals surface area contributed by atoms with E-state index in [0.717, 1.165) is 18.7 Å². The average Bonchev–Trinajstić information content (AvgIpc) is 2.79. The summed E-state index contributed by atoms with van der Waals surface area (Å²) in [5, 5.41) is 1.22. The third-order valence-electron chi connectivity index (χ3n) is 5.91. The zero-order valence-corrected chi connectivity index (χ0v) is 18.2. The molecule has 5 nitrogen and oxygen atoms in total. The lowest BCUT2D eigenvalue weighted by Gasteiger charge is -2.36. The summed E-state index contributed by atoms with van der Waals surface area (Å²) in [4.78, 5) is 16.7. The second-order valence-corrected chi connectivity index (χ2v) is 10.1. The first kappa shape index (κ1) is 21.5. The molecular formula is C24H25FN2O3S. The van der Waals surface area contributed by atoms with Gasteiger partial charge in [0.1, 0.15) is 11.1 Å². The molecule has 0 radical (unpaired) electrons. The minimum absolute atomic E-state index is 0.0376. The largest absolute Gasteiger partial charge is 0.339 e. The lowest BCUT2D eigenvalue weighted by atomic mass is 10.0. The van der Waals surface area contributed by atoms with E-state index in [0.29, 0.717) is 26.2 Å². The number of piperazine rings is 1. The molecule has 31 heavy (non-hydrogen) atoms. The minimum Gasteiger partial charge on any atom is -0.339 e. The van der Waals surface area contributed by atoms with Crippen molar-refractivity contribution in [3.63, 3.8) is 0 Å². The molecule has 4 rings (SSSR count). The monoisotopic (exact) mass is 440 g/mol. The van der Waals surface area contributed by atoms with Crippen LogP contribution in [0.2, 0.25) is 0 Å². The summed E-state index contributed by atoms with van der Waals surface area (Å²) in [5.41, 5.74) is 1.24. The molecule has 162 valence electrons. The summed E-state index contributed by atoms with van der Waals surface area (Å²) < 4.78 is 38.7. The van der Waals surface area contributed by atoms with Crippen molar-refractivity contribution in [3.05, 3.63) is 78.1 Å². The predicted octanol–water partition coefficient (Wildman–Crippen LogP) is 3.49. The summed E-state index contributed by atoms with van der Waals surface area (Å²) in [7, 11) is -3.86. The van der Waals surface area contributed by atoms with Crippen LogP contribution in [-0.4, -0.2) is 55.6 Å². The molecule has 3 aromatic rings. The van der Waals surface area contributed by atoms with Crippen LogP contribution >= 0.6 is 0 Å². The maximum absolute atomic E-state index is 13.1. The van der Waals surface area contributed by atoms with Crippen LogP contribution in [0.4, 0.5) is 4.39 Å². The molecule has 1 aliphatic rings. The van der Waals surface area contributed by atoms with E-state index in [2.05, 4.69) is 35.2 Å². The summed E-state index contributed by atoms with van der Waals surface area (Å²) in [6, 6.07) is 19.1. The molecule has 0 saturated carbocycles. The molecule has 3 aromatic carbocycles. The Bertz CT molecular complexity index is 1180. The standard InChI is InChI=1S/C24H25FN2O3S/c1-18(31(29,30)22-11-9-21(25)10-12-22)24(28)27-15-13-26(14-16-27)17-20-7-4-6-19-5-2-3-8-23(19)20/h2-12,18H,13-17H2,1H3. The van der Waals surface area contributed by atoms with E-state index in [1.807, 2.05) is 12.1 Å². The van der Waals surface area contributed by atoms with E-state index in [1.54, 1.807) is 4.90 Å². The van der Waals surface area contributed by atoms with Gasteiger partial charge in [0, 0.05) is 32.7 Å². The lowest BCUT2D eigenvalue weighted by Crippen LogP contribution is -2.51. The van der Waals surface area contributed by atoms with Crippen LogP contribution in [0.25, 0.3) is 10.8 Å². The van der Waals surface area contributed by atoms with Crippen molar-refractivity contribution in [2.24, 2.45) is 0 Å². The van der Waals surface area contributed by atoms with E-state index in [1.165, 1.54) is 35.4 Å². The van der Waals surface area contributed by atoms with Crippen LogP contribution in [-0.2, 0) is 21.2 Å². The molecular weight excluding hydrogens is 415 g/mol. The first-order chi connectivity index (χ1) is 14.9. The molecule has 0 aliphatic carbocycles. The number of sulfone groups is 1. The van der Waals surface area contributed by atoms with Crippen molar-refractivity contribution >= 4 is 26.5 Å². The second kappa shape index (κ2) is 8.77. The van der Waals surface area contributed by atoms with Gasteiger partial charge in [-0.15, -0.1) is 0 Å². The topological polar surface area (TPSA) is 57.7 Å². The highest BCUT2D eigenvalue weighted by Gasteiger charge is 2.34. The number of hydrogen-bond donors (Lipinski definition) is 0. The Balaban J connectivity index is 1.40. The number of nitrogens with zero attached hydrogens (tertiary/aromatic N) is 2. The highest BCUT2D eigenvalue weighted by molar-refractivity contribution is 7.92. The van der Waals surface area contributed by atoms with E-state index in [-0.39, 0.29) is 4.90 Å². The molecule has 0 N–H and O–H groups in total.